The maximum absolute atomic E-state index is 2.30. The van der Waals surface area contributed by atoms with Gasteiger partial charge in [-0.2, -0.15) is 11.3 Å². The van der Waals surface area contributed by atoms with Crippen molar-refractivity contribution >= 4 is 40.6 Å². The van der Waals surface area contributed by atoms with E-state index in [0.717, 1.165) is 17.1 Å². The minimum Gasteiger partial charge on any atom is -0.311 e. The summed E-state index contributed by atoms with van der Waals surface area (Å²) in [5, 5.41) is 4.26. The number of anilines is 3. The number of hydrogen-bond donors (Lipinski definition) is 0. The van der Waals surface area contributed by atoms with Gasteiger partial charge in [0.15, 0.2) is 0 Å². The lowest BCUT2D eigenvalue weighted by Crippen LogP contribution is -2.09. The van der Waals surface area contributed by atoms with Crippen molar-refractivity contribution in [3.8, 4) is 0 Å². The van der Waals surface area contributed by atoms with Gasteiger partial charge in [0.05, 0.1) is 0 Å². The summed E-state index contributed by atoms with van der Waals surface area (Å²) in [6.07, 6.45) is 4.32. The number of benzene rings is 3. The van der Waals surface area contributed by atoms with Crippen LogP contribution in [0.2, 0.25) is 0 Å². The third-order valence-electron chi connectivity index (χ3n) is 4.75. The molecular weight excluding hydrogens is 358 g/mol. The molecule has 2 heteroatoms. The highest BCUT2D eigenvalue weighted by Crippen LogP contribution is 2.34. The van der Waals surface area contributed by atoms with E-state index in [9.17, 15) is 0 Å². The molecule has 0 spiro atoms. The van der Waals surface area contributed by atoms with Crippen molar-refractivity contribution in [2.24, 2.45) is 0 Å². The third kappa shape index (κ3) is 4.24. The Morgan fingerprint density at radius 2 is 1.04 bits per heavy atom. The molecule has 1 nitrogen and oxygen atoms in total. The first-order valence-electron chi connectivity index (χ1n) is 9.43. The zero-order valence-corrected chi connectivity index (χ0v) is 17.0. The van der Waals surface area contributed by atoms with Gasteiger partial charge in [-0.05, 0) is 78.2 Å². The molecule has 4 aromatic rings. The Hall–Kier alpha value is -3.10. The molecule has 1 aromatic heterocycles. The van der Waals surface area contributed by atoms with Gasteiger partial charge in [0.2, 0.25) is 0 Å². The number of aryl methyl sites for hydroxylation is 2. The molecule has 0 N–H and O–H groups in total. The summed E-state index contributed by atoms with van der Waals surface area (Å²) in [4.78, 5) is 2.30. The van der Waals surface area contributed by atoms with Gasteiger partial charge < -0.3 is 4.90 Å². The number of nitrogens with zero attached hydrogens (tertiary/aromatic N) is 1. The van der Waals surface area contributed by atoms with Crippen LogP contribution < -0.4 is 4.90 Å². The average molecular weight is 382 g/mol. The topological polar surface area (TPSA) is 3.24 Å². The van der Waals surface area contributed by atoms with Gasteiger partial charge in [-0.1, -0.05) is 59.7 Å². The largest absolute Gasteiger partial charge is 0.311 e. The second kappa shape index (κ2) is 8.28. The summed E-state index contributed by atoms with van der Waals surface area (Å²) in [5.41, 5.74) is 8.45. The monoisotopic (exact) mass is 381 g/mol. The molecule has 3 aromatic carbocycles. The van der Waals surface area contributed by atoms with Crippen molar-refractivity contribution < 1.29 is 0 Å². The average Bonchev–Trinajstić information content (AvgIpc) is 3.24. The van der Waals surface area contributed by atoms with Gasteiger partial charge >= 0.3 is 0 Å². The maximum atomic E-state index is 2.30. The molecule has 0 saturated carbocycles. The van der Waals surface area contributed by atoms with Crippen LogP contribution in [0, 0.1) is 13.8 Å². The molecular formula is C26H23NS. The standard InChI is InChI=1S/C26H23NS/c1-20-3-11-24(12-4-20)27(25-13-5-21(2)6-14-25)26-15-9-22(10-16-26)7-8-23-17-18-28-19-23/h3-19H,1-2H3/b8-7+. The minimum atomic E-state index is 1.15. The molecule has 0 unspecified atom stereocenters. The van der Waals surface area contributed by atoms with E-state index in [1.807, 2.05) is 0 Å². The van der Waals surface area contributed by atoms with Gasteiger partial charge in [0.25, 0.3) is 0 Å². The fourth-order valence-corrected chi connectivity index (χ4v) is 3.76. The molecule has 138 valence electrons. The molecule has 0 radical (unpaired) electrons. The van der Waals surface area contributed by atoms with Crippen molar-refractivity contribution in [3.63, 3.8) is 0 Å². The summed E-state index contributed by atoms with van der Waals surface area (Å²) in [7, 11) is 0. The number of hydrogen-bond acceptors (Lipinski definition) is 2. The van der Waals surface area contributed by atoms with E-state index < -0.39 is 0 Å². The van der Waals surface area contributed by atoms with Crippen molar-refractivity contribution in [1.82, 2.24) is 0 Å². The normalized spacial score (nSPS) is 11.1. The Kier molecular flexibility index (Phi) is 5.41. The first kappa shape index (κ1) is 18.3. The van der Waals surface area contributed by atoms with E-state index in [2.05, 4.69) is 121 Å². The highest BCUT2D eigenvalue weighted by atomic mass is 32.1. The van der Waals surface area contributed by atoms with E-state index >= 15 is 0 Å². The molecule has 4 rings (SSSR count). The quantitative estimate of drug-likeness (QED) is 0.338. The molecule has 0 saturated heterocycles. The van der Waals surface area contributed by atoms with Gasteiger partial charge in [0.1, 0.15) is 0 Å². The zero-order chi connectivity index (χ0) is 19.3. The first-order valence-corrected chi connectivity index (χ1v) is 10.4. The zero-order valence-electron chi connectivity index (χ0n) is 16.2. The van der Waals surface area contributed by atoms with Gasteiger partial charge in [-0.15, -0.1) is 0 Å². The van der Waals surface area contributed by atoms with Crippen LogP contribution in [0.15, 0.2) is 89.6 Å². The van der Waals surface area contributed by atoms with Gasteiger partial charge in [-0.3, -0.25) is 0 Å². The van der Waals surface area contributed by atoms with Crippen LogP contribution in [0.4, 0.5) is 17.1 Å². The van der Waals surface area contributed by atoms with E-state index in [4.69, 9.17) is 0 Å². The van der Waals surface area contributed by atoms with Crippen LogP contribution in [0.25, 0.3) is 12.2 Å². The fourth-order valence-electron chi connectivity index (χ4n) is 3.13. The van der Waals surface area contributed by atoms with Crippen LogP contribution in [-0.2, 0) is 0 Å². The van der Waals surface area contributed by atoms with E-state index in [-0.39, 0.29) is 0 Å². The molecule has 0 aliphatic rings. The Balaban J connectivity index is 1.68. The predicted molar refractivity (Wildman–Crippen MR) is 124 cm³/mol. The fraction of sp³-hybridized carbons (Fsp3) is 0.0769. The smallest absolute Gasteiger partial charge is 0.0462 e. The second-order valence-electron chi connectivity index (χ2n) is 6.99. The maximum Gasteiger partial charge on any atom is 0.0462 e. The summed E-state index contributed by atoms with van der Waals surface area (Å²) in [6, 6.07) is 28.2. The molecule has 0 fully saturated rings. The summed E-state index contributed by atoms with van der Waals surface area (Å²) in [6.45, 7) is 4.24. The highest BCUT2D eigenvalue weighted by Gasteiger charge is 2.11. The molecule has 0 aliphatic heterocycles. The van der Waals surface area contributed by atoms with E-state index in [1.54, 1.807) is 11.3 Å². The Morgan fingerprint density at radius 3 is 1.50 bits per heavy atom. The predicted octanol–water partition coefficient (Wildman–Crippen LogP) is 8.01. The molecule has 0 amide bonds. The van der Waals surface area contributed by atoms with Gasteiger partial charge in [-0.25, -0.2) is 0 Å². The van der Waals surface area contributed by atoms with Crippen LogP contribution >= 0.6 is 11.3 Å². The number of rotatable bonds is 5. The van der Waals surface area contributed by atoms with E-state index in [1.165, 1.54) is 22.3 Å². The molecule has 28 heavy (non-hydrogen) atoms. The van der Waals surface area contributed by atoms with Crippen molar-refractivity contribution in [3.05, 3.63) is 112 Å². The lowest BCUT2D eigenvalue weighted by molar-refractivity contribution is 1.27. The number of thiophene rings is 1. The van der Waals surface area contributed by atoms with Crippen LogP contribution in [0.1, 0.15) is 22.3 Å². The molecule has 0 aliphatic carbocycles. The van der Waals surface area contributed by atoms with Crippen LogP contribution in [-0.4, -0.2) is 0 Å². The third-order valence-corrected chi connectivity index (χ3v) is 5.45. The van der Waals surface area contributed by atoms with Crippen LogP contribution in [0.5, 0.6) is 0 Å². The molecule has 0 bridgehead atoms. The van der Waals surface area contributed by atoms with Crippen molar-refractivity contribution in [2.75, 3.05) is 4.90 Å². The lowest BCUT2D eigenvalue weighted by atomic mass is 10.1. The lowest BCUT2D eigenvalue weighted by Gasteiger charge is -2.25. The highest BCUT2D eigenvalue weighted by molar-refractivity contribution is 7.08. The molecule has 1 heterocycles. The Bertz CT molecular complexity index is 996. The first-order chi connectivity index (χ1) is 13.7. The minimum absolute atomic E-state index is 1.15. The summed E-state index contributed by atoms with van der Waals surface area (Å²) >= 11 is 1.72. The van der Waals surface area contributed by atoms with Gasteiger partial charge in [0, 0.05) is 17.1 Å². The second-order valence-corrected chi connectivity index (χ2v) is 7.77. The summed E-state index contributed by atoms with van der Waals surface area (Å²) in [5.74, 6) is 0. The molecule has 0 atom stereocenters. The van der Waals surface area contributed by atoms with Crippen molar-refractivity contribution in [2.45, 2.75) is 13.8 Å². The Morgan fingerprint density at radius 1 is 0.571 bits per heavy atom. The Labute approximate surface area is 171 Å². The van der Waals surface area contributed by atoms with Crippen LogP contribution in [0.3, 0.4) is 0 Å². The van der Waals surface area contributed by atoms with E-state index in [0.29, 0.717) is 0 Å². The SMILES string of the molecule is Cc1ccc(N(c2ccc(C)cc2)c2ccc(/C=C/c3ccsc3)cc2)cc1. The van der Waals surface area contributed by atoms with Crippen molar-refractivity contribution in [1.29, 1.82) is 0 Å². The summed E-state index contributed by atoms with van der Waals surface area (Å²) < 4.78 is 0.